The van der Waals surface area contributed by atoms with Crippen molar-refractivity contribution in [3.8, 4) is 0 Å². The van der Waals surface area contributed by atoms with Gasteiger partial charge >= 0.3 is 0 Å². The summed E-state index contributed by atoms with van der Waals surface area (Å²) in [5, 5.41) is 8.47. The molecule has 0 radical (unpaired) electrons. The molecule has 20 heavy (non-hydrogen) atoms. The van der Waals surface area contributed by atoms with Crippen LogP contribution in [0, 0.1) is 0 Å². The van der Waals surface area contributed by atoms with E-state index in [0.29, 0.717) is 6.42 Å². The average Bonchev–Trinajstić information content (AvgIpc) is 2.44. The number of aliphatic hydroxyl groups excluding tert-OH is 1. The molecular formula is C13H23N3O3S. The predicted molar refractivity (Wildman–Crippen MR) is 80.2 cm³/mol. The smallest absolute Gasteiger partial charge is 0.158 e. The van der Waals surface area contributed by atoms with Gasteiger partial charge in [-0.2, -0.15) is 0 Å². The number of aliphatic hydroxyl groups is 1. The third-order valence-corrected chi connectivity index (χ3v) is 4.47. The van der Waals surface area contributed by atoms with Crippen molar-refractivity contribution in [1.29, 1.82) is 0 Å². The van der Waals surface area contributed by atoms with Gasteiger partial charge in [-0.15, -0.1) is 0 Å². The molecule has 7 heteroatoms. The molecule has 1 aromatic carbocycles. The van der Waals surface area contributed by atoms with Crippen molar-refractivity contribution < 1.29 is 13.9 Å². The fourth-order valence-corrected chi connectivity index (χ4v) is 2.78. The minimum absolute atomic E-state index is 0.282. The normalized spacial score (nSPS) is 17.8. The van der Waals surface area contributed by atoms with Gasteiger partial charge in [0.2, 0.25) is 0 Å². The predicted octanol–water partition coefficient (Wildman–Crippen LogP) is -0.208. The Labute approximate surface area is 121 Å². The molecule has 0 bridgehead atoms. The molecule has 1 rings (SSSR count). The van der Waals surface area contributed by atoms with Crippen molar-refractivity contribution in [2.24, 2.45) is 17.2 Å². The molecule has 0 aliphatic heterocycles. The molecule has 0 fully saturated rings. The summed E-state index contributed by atoms with van der Waals surface area (Å²) in [5.74, 6) is 0. The van der Waals surface area contributed by atoms with Crippen molar-refractivity contribution >= 4 is 11.1 Å². The van der Waals surface area contributed by atoms with Gasteiger partial charge in [0.1, 0.15) is 0 Å². The second kappa shape index (κ2) is 7.26. The number of benzene rings is 1. The van der Waals surface area contributed by atoms with E-state index in [-0.39, 0.29) is 13.2 Å². The molecule has 0 saturated carbocycles. The van der Waals surface area contributed by atoms with Crippen molar-refractivity contribution in [2.45, 2.75) is 30.2 Å². The lowest BCUT2D eigenvalue weighted by Gasteiger charge is -2.31. The highest BCUT2D eigenvalue weighted by atomic mass is 32.2. The first-order chi connectivity index (χ1) is 9.34. The van der Waals surface area contributed by atoms with Crippen molar-refractivity contribution in [3.63, 3.8) is 0 Å². The largest absolute Gasteiger partial charge is 0.395 e. The van der Waals surface area contributed by atoms with Crippen LogP contribution in [0.4, 0.5) is 0 Å². The number of hydrogen-bond acceptors (Lipinski definition) is 5. The Bertz CT molecular complexity index is 470. The summed E-state index contributed by atoms with van der Waals surface area (Å²) in [6.07, 6.45) is -0.288. The van der Waals surface area contributed by atoms with E-state index in [4.69, 9.17) is 17.2 Å². The fraction of sp³-hybridized carbons (Fsp3) is 0.538. The summed E-state index contributed by atoms with van der Waals surface area (Å²) < 4.78 is 20.4. The van der Waals surface area contributed by atoms with Crippen molar-refractivity contribution in [2.75, 3.05) is 13.2 Å². The zero-order valence-corrected chi connectivity index (χ0v) is 12.3. The standard InChI is InChI=1S/C13H23N3O3S/c1-13(8-14,6-11(7-17)20(18)19)10-4-2-3-9(5-10)12(15)16/h2-5,11-12,17H,6-8,14-16H2,1H3,(H,18,19). The Balaban J connectivity index is 3.09. The van der Waals surface area contributed by atoms with Gasteiger partial charge in [-0.1, -0.05) is 31.2 Å². The van der Waals surface area contributed by atoms with Crippen LogP contribution in [0.2, 0.25) is 0 Å². The molecule has 0 spiro atoms. The minimum atomic E-state index is -2.09. The molecule has 3 unspecified atom stereocenters. The number of hydrogen-bond donors (Lipinski definition) is 5. The van der Waals surface area contributed by atoms with Gasteiger partial charge in [-0.05, 0) is 17.5 Å². The van der Waals surface area contributed by atoms with Crippen molar-refractivity contribution in [3.05, 3.63) is 35.4 Å². The first-order valence-corrected chi connectivity index (χ1v) is 7.53. The highest BCUT2D eigenvalue weighted by Crippen LogP contribution is 2.30. The van der Waals surface area contributed by atoms with Crippen LogP contribution in [-0.2, 0) is 16.5 Å². The molecule has 0 saturated heterocycles. The average molecular weight is 301 g/mol. The Morgan fingerprint density at radius 2 is 2.05 bits per heavy atom. The Morgan fingerprint density at radius 3 is 2.50 bits per heavy atom. The minimum Gasteiger partial charge on any atom is -0.395 e. The van der Waals surface area contributed by atoms with Crippen LogP contribution in [0.3, 0.4) is 0 Å². The molecule has 0 heterocycles. The van der Waals surface area contributed by atoms with E-state index in [2.05, 4.69) is 0 Å². The quantitative estimate of drug-likeness (QED) is 0.349. The first-order valence-electron chi connectivity index (χ1n) is 6.36. The second-order valence-corrected chi connectivity index (χ2v) is 6.42. The summed E-state index contributed by atoms with van der Waals surface area (Å²) in [5.41, 5.74) is 18.3. The summed E-state index contributed by atoms with van der Waals surface area (Å²) in [4.78, 5) is 0. The zero-order valence-electron chi connectivity index (χ0n) is 11.5. The molecule has 3 atom stereocenters. The van der Waals surface area contributed by atoms with Crippen LogP contribution >= 0.6 is 0 Å². The zero-order chi connectivity index (χ0) is 15.3. The molecule has 1 aromatic rings. The van der Waals surface area contributed by atoms with E-state index < -0.39 is 27.9 Å². The highest BCUT2D eigenvalue weighted by Gasteiger charge is 2.31. The molecule has 0 aliphatic carbocycles. The maximum Gasteiger partial charge on any atom is 0.158 e. The molecule has 6 nitrogen and oxygen atoms in total. The van der Waals surface area contributed by atoms with Crippen LogP contribution in [0.1, 0.15) is 30.6 Å². The number of rotatable bonds is 7. The van der Waals surface area contributed by atoms with Gasteiger partial charge in [0.05, 0.1) is 18.0 Å². The second-order valence-electron chi connectivity index (χ2n) is 5.20. The summed E-state index contributed by atoms with van der Waals surface area (Å²) >= 11 is -2.09. The van der Waals surface area contributed by atoms with Gasteiger partial charge in [0.15, 0.2) is 11.1 Å². The van der Waals surface area contributed by atoms with Crippen LogP contribution < -0.4 is 17.2 Å². The van der Waals surface area contributed by atoms with Crippen LogP contribution in [-0.4, -0.2) is 32.3 Å². The Hall–Kier alpha value is -0.830. The summed E-state index contributed by atoms with van der Waals surface area (Å²) in [7, 11) is 0. The first kappa shape index (κ1) is 17.2. The van der Waals surface area contributed by atoms with Gasteiger partial charge < -0.3 is 26.9 Å². The van der Waals surface area contributed by atoms with E-state index in [1.54, 1.807) is 0 Å². The van der Waals surface area contributed by atoms with Gasteiger partial charge in [-0.3, -0.25) is 0 Å². The molecule has 0 aliphatic rings. The topological polar surface area (TPSA) is 136 Å². The maximum atomic E-state index is 11.2. The van der Waals surface area contributed by atoms with E-state index in [9.17, 15) is 13.9 Å². The third kappa shape index (κ3) is 4.08. The monoisotopic (exact) mass is 301 g/mol. The van der Waals surface area contributed by atoms with Gasteiger partial charge in [-0.25, -0.2) is 4.21 Å². The lowest BCUT2D eigenvalue weighted by atomic mass is 9.78. The summed E-state index contributed by atoms with van der Waals surface area (Å²) in [6.45, 7) is 1.81. The highest BCUT2D eigenvalue weighted by molar-refractivity contribution is 7.79. The molecular weight excluding hydrogens is 278 g/mol. The van der Waals surface area contributed by atoms with Crippen LogP contribution in [0.25, 0.3) is 0 Å². The molecule has 0 amide bonds. The maximum absolute atomic E-state index is 11.2. The number of nitrogens with two attached hydrogens (primary N) is 3. The lowest BCUT2D eigenvalue weighted by molar-refractivity contribution is 0.265. The van der Waals surface area contributed by atoms with E-state index in [0.717, 1.165) is 11.1 Å². The van der Waals surface area contributed by atoms with Gasteiger partial charge in [0.25, 0.3) is 0 Å². The van der Waals surface area contributed by atoms with E-state index >= 15 is 0 Å². The third-order valence-electron chi connectivity index (χ3n) is 3.59. The van der Waals surface area contributed by atoms with E-state index in [1.807, 2.05) is 31.2 Å². The lowest BCUT2D eigenvalue weighted by Crippen LogP contribution is -2.38. The Kier molecular flexibility index (Phi) is 6.25. The SMILES string of the molecule is CC(CN)(CC(CO)S(=O)O)c1cccc(C(N)N)c1. The van der Waals surface area contributed by atoms with Crippen molar-refractivity contribution in [1.82, 2.24) is 0 Å². The van der Waals surface area contributed by atoms with Gasteiger partial charge in [0, 0.05) is 12.0 Å². The van der Waals surface area contributed by atoms with Crippen LogP contribution in [0.5, 0.6) is 0 Å². The molecule has 0 aromatic heterocycles. The molecule has 8 N–H and O–H groups in total. The Morgan fingerprint density at radius 1 is 1.40 bits per heavy atom. The van der Waals surface area contributed by atoms with Crippen LogP contribution in [0.15, 0.2) is 24.3 Å². The fourth-order valence-electron chi connectivity index (χ4n) is 2.14. The van der Waals surface area contributed by atoms with E-state index in [1.165, 1.54) is 0 Å². The molecule has 114 valence electrons. The summed E-state index contributed by atoms with van der Waals surface area (Å²) in [6, 6.07) is 7.38.